The van der Waals surface area contributed by atoms with Crippen LogP contribution in [0, 0.1) is 11.3 Å². The first kappa shape index (κ1) is 17.0. The minimum atomic E-state index is -0.870. The van der Waals surface area contributed by atoms with Crippen molar-refractivity contribution in [1.82, 2.24) is 5.32 Å². The number of nitrogens with zero attached hydrogens (tertiary/aromatic N) is 2. The van der Waals surface area contributed by atoms with Crippen LogP contribution in [0.3, 0.4) is 0 Å². The Kier molecular flexibility index (Phi) is 4.58. The van der Waals surface area contributed by atoms with Gasteiger partial charge in [-0.2, -0.15) is 5.26 Å². The van der Waals surface area contributed by atoms with E-state index >= 15 is 0 Å². The van der Waals surface area contributed by atoms with E-state index < -0.39 is 5.54 Å². The number of benzene rings is 2. The van der Waals surface area contributed by atoms with Crippen molar-refractivity contribution in [2.75, 3.05) is 24.7 Å². The summed E-state index contributed by atoms with van der Waals surface area (Å²) < 4.78 is 5.29. The molecular weight excluding hydrogens is 346 g/mol. The van der Waals surface area contributed by atoms with Crippen LogP contribution in [0.25, 0.3) is 0 Å². The van der Waals surface area contributed by atoms with Crippen molar-refractivity contribution in [1.29, 1.82) is 5.26 Å². The second-order valence-electron chi connectivity index (χ2n) is 6.48. The number of ether oxygens (including phenoxy) is 1. The first-order chi connectivity index (χ1) is 12.7. The minimum Gasteiger partial charge on any atom is -0.378 e. The third-order valence-electron chi connectivity index (χ3n) is 4.71. The van der Waals surface area contributed by atoms with Gasteiger partial charge in [0.25, 0.3) is 0 Å². The predicted octanol–water partition coefficient (Wildman–Crippen LogP) is 3.48. The maximum Gasteiger partial charge on any atom is 0.223 e. The van der Waals surface area contributed by atoms with Gasteiger partial charge in [-0.25, -0.2) is 0 Å². The van der Waals surface area contributed by atoms with Crippen LogP contribution in [0.5, 0.6) is 0 Å². The SMILES string of the molecule is N#CC1(NC(=O)CCN2c3ccccc3Sc3ccccc32)CCOC1. The van der Waals surface area contributed by atoms with E-state index in [2.05, 4.69) is 40.6 Å². The van der Waals surface area contributed by atoms with Crippen LogP contribution in [0.4, 0.5) is 11.4 Å². The van der Waals surface area contributed by atoms with Gasteiger partial charge in [0.1, 0.15) is 0 Å². The second kappa shape index (κ2) is 7.02. The van der Waals surface area contributed by atoms with Gasteiger partial charge in [0.15, 0.2) is 5.54 Å². The smallest absolute Gasteiger partial charge is 0.223 e. The zero-order valence-electron chi connectivity index (χ0n) is 14.3. The van der Waals surface area contributed by atoms with Crippen molar-refractivity contribution >= 4 is 29.0 Å². The Hall–Kier alpha value is -2.49. The molecule has 4 rings (SSSR count). The molecule has 1 unspecified atom stereocenters. The molecule has 0 bridgehead atoms. The molecule has 2 aliphatic heterocycles. The highest BCUT2D eigenvalue weighted by atomic mass is 32.2. The fraction of sp³-hybridized carbons (Fsp3) is 0.300. The normalized spacial score (nSPS) is 20.8. The highest BCUT2D eigenvalue weighted by Crippen LogP contribution is 2.47. The maximum absolute atomic E-state index is 12.5. The van der Waals surface area contributed by atoms with Gasteiger partial charge >= 0.3 is 0 Å². The lowest BCUT2D eigenvalue weighted by Gasteiger charge is -2.32. The fourth-order valence-electron chi connectivity index (χ4n) is 3.34. The van der Waals surface area contributed by atoms with E-state index in [1.54, 1.807) is 11.8 Å². The molecule has 132 valence electrons. The number of amides is 1. The van der Waals surface area contributed by atoms with E-state index in [0.717, 1.165) is 11.4 Å². The van der Waals surface area contributed by atoms with Crippen molar-refractivity contribution in [2.45, 2.75) is 28.2 Å². The predicted molar refractivity (Wildman–Crippen MR) is 101 cm³/mol. The van der Waals surface area contributed by atoms with Crippen LogP contribution in [0.15, 0.2) is 58.3 Å². The summed E-state index contributed by atoms with van der Waals surface area (Å²) in [6, 6.07) is 18.7. The Morgan fingerprint density at radius 1 is 1.19 bits per heavy atom. The first-order valence-corrected chi connectivity index (χ1v) is 9.46. The lowest BCUT2D eigenvalue weighted by Crippen LogP contribution is -2.48. The topological polar surface area (TPSA) is 65.4 Å². The molecule has 2 aromatic carbocycles. The van der Waals surface area contributed by atoms with E-state index in [9.17, 15) is 10.1 Å². The molecule has 0 aliphatic carbocycles. The molecule has 26 heavy (non-hydrogen) atoms. The Morgan fingerprint density at radius 2 is 1.85 bits per heavy atom. The summed E-state index contributed by atoms with van der Waals surface area (Å²) in [7, 11) is 0. The number of fused-ring (bicyclic) bond motifs is 2. The molecule has 1 saturated heterocycles. The lowest BCUT2D eigenvalue weighted by molar-refractivity contribution is -0.122. The van der Waals surface area contributed by atoms with E-state index in [1.165, 1.54) is 9.79 Å². The van der Waals surface area contributed by atoms with Crippen molar-refractivity contribution in [3.63, 3.8) is 0 Å². The quantitative estimate of drug-likeness (QED) is 0.899. The Morgan fingerprint density at radius 3 is 2.42 bits per heavy atom. The Balaban J connectivity index is 1.51. The zero-order chi connectivity index (χ0) is 18.0. The molecule has 5 nitrogen and oxygen atoms in total. The molecule has 2 aromatic rings. The summed E-state index contributed by atoms with van der Waals surface area (Å²) in [5.41, 5.74) is 1.36. The van der Waals surface area contributed by atoms with Crippen LogP contribution in [-0.4, -0.2) is 31.2 Å². The van der Waals surface area contributed by atoms with Gasteiger partial charge in [-0.05, 0) is 24.3 Å². The van der Waals surface area contributed by atoms with Gasteiger partial charge in [0.05, 0.1) is 30.7 Å². The van der Waals surface area contributed by atoms with Crippen molar-refractivity contribution in [2.24, 2.45) is 0 Å². The van der Waals surface area contributed by atoms with Gasteiger partial charge in [-0.15, -0.1) is 0 Å². The van der Waals surface area contributed by atoms with Crippen molar-refractivity contribution in [3.05, 3.63) is 48.5 Å². The molecule has 0 aromatic heterocycles. The average molecular weight is 365 g/mol. The van der Waals surface area contributed by atoms with E-state index in [0.29, 0.717) is 26.0 Å². The van der Waals surface area contributed by atoms with Crippen LogP contribution < -0.4 is 10.2 Å². The highest BCUT2D eigenvalue weighted by molar-refractivity contribution is 7.99. The number of hydrogen-bond acceptors (Lipinski definition) is 5. The minimum absolute atomic E-state index is 0.120. The first-order valence-electron chi connectivity index (χ1n) is 8.64. The monoisotopic (exact) mass is 365 g/mol. The summed E-state index contributed by atoms with van der Waals surface area (Å²) in [5.74, 6) is -0.120. The van der Waals surface area contributed by atoms with Gasteiger partial charge < -0.3 is 15.0 Å². The third-order valence-corrected chi connectivity index (χ3v) is 5.84. The molecule has 0 radical (unpaired) electrons. The average Bonchev–Trinajstić information content (AvgIpc) is 3.14. The lowest BCUT2D eigenvalue weighted by atomic mass is 10.0. The van der Waals surface area contributed by atoms with Crippen molar-refractivity contribution < 1.29 is 9.53 Å². The van der Waals surface area contributed by atoms with Gasteiger partial charge in [-0.3, -0.25) is 4.79 Å². The second-order valence-corrected chi connectivity index (χ2v) is 7.57. The standard InChI is InChI=1S/C20H19N3O2S/c21-13-20(10-12-25-14-20)22-19(24)9-11-23-15-5-1-3-7-17(15)26-18-8-4-2-6-16(18)23/h1-8H,9-12,14H2,(H,22,24). The number of carbonyl (C=O) groups is 1. The number of para-hydroxylation sites is 2. The van der Waals surface area contributed by atoms with Crippen LogP contribution >= 0.6 is 11.8 Å². The van der Waals surface area contributed by atoms with E-state index in [-0.39, 0.29) is 12.5 Å². The van der Waals surface area contributed by atoms with Gasteiger partial charge in [-0.1, -0.05) is 36.0 Å². The number of rotatable bonds is 4. The highest BCUT2D eigenvalue weighted by Gasteiger charge is 2.36. The zero-order valence-corrected chi connectivity index (χ0v) is 15.1. The fourth-order valence-corrected chi connectivity index (χ4v) is 4.44. The van der Waals surface area contributed by atoms with E-state index in [4.69, 9.17) is 4.74 Å². The molecule has 0 spiro atoms. The van der Waals surface area contributed by atoms with Gasteiger partial charge in [0.2, 0.25) is 5.91 Å². The van der Waals surface area contributed by atoms with Crippen LogP contribution in [0.1, 0.15) is 12.8 Å². The summed E-state index contributed by atoms with van der Waals surface area (Å²) in [6.45, 7) is 1.34. The van der Waals surface area contributed by atoms with Gasteiger partial charge in [0, 0.05) is 29.2 Å². The molecule has 6 heteroatoms. The third kappa shape index (κ3) is 3.16. The molecule has 2 aliphatic rings. The molecule has 1 amide bonds. The summed E-state index contributed by atoms with van der Waals surface area (Å²) in [4.78, 5) is 17.0. The Labute approximate surface area is 156 Å². The Bertz CT molecular complexity index is 826. The number of nitriles is 1. The molecule has 0 saturated carbocycles. The number of carbonyl (C=O) groups excluding carboxylic acids is 1. The van der Waals surface area contributed by atoms with Crippen LogP contribution in [-0.2, 0) is 9.53 Å². The summed E-state index contributed by atoms with van der Waals surface area (Å²) in [5, 5.41) is 12.3. The molecule has 1 N–H and O–H groups in total. The molecule has 1 fully saturated rings. The molecule has 1 atom stereocenters. The van der Waals surface area contributed by atoms with Crippen molar-refractivity contribution in [3.8, 4) is 6.07 Å². The molecular formula is C20H19N3O2S. The number of hydrogen-bond donors (Lipinski definition) is 1. The van der Waals surface area contributed by atoms with E-state index in [1.807, 2.05) is 24.3 Å². The van der Waals surface area contributed by atoms with Crippen LogP contribution in [0.2, 0.25) is 0 Å². The maximum atomic E-state index is 12.5. The summed E-state index contributed by atoms with van der Waals surface area (Å²) >= 11 is 1.75. The number of nitrogens with one attached hydrogen (secondary N) is 1. The number of anilines is 2. The largest absolute Gasteiger partial charge is 0.378 e. The molecule has 2 heterocycles. The summed E-state index contributed by atoms with van der Waals surface area (Å²) in [6.07, 6.45) is 0.859.